The summed E-state index contributed by atoms with van der Waals surface area (Å²) in [6.07, 6.45) is 0.455. The van der Waals surface area contributed by atoms with Gasteiger partial charge in [0.05, 0.1) is 6.61 Å². The molecule has 2 rings (SSSR count). The largest absolute Gasteiger partial charge is 0.465 e. The Labute approximate surface area is 100 Å². The van der Waals surface area contributed by atoms with Gasteiger partial charge in [-0.1, -0.05) is 12.1 Å². The molecule has 0 radical (unpaired) electrons. The van der Waals surface area contributed by atoms with E-state index in [9.17, 15) is 9.59 Å². The lowest BCUT2D eigenvalue weighted by Gasteiger charge is -2.29. The SMILES string of the molecule is CCOC(=O)CN1CCC(=O)c2ccccc21. The lowest BCUT2D eigenvalue weighted by atomic mass is 10.0. The predicted octanol–water partition coefficient (Wildman–Crippen LogP) is 1.64. The number of benzene rings is 1. The number of carbonyl (C=O) groups excluding carboxylic acids is 2. The first-order chi connectivity index (χ1) is 8.22. The highest BCUT2D eigenvalue weighted by atomic mass is 16.5. The van der Waals surface area contributed by atoms with Crippen LogP contribution in [0.4, 0.5) is 5.69 Å². The Bertz CT molecular complexity index is 442. The van der Waals surface area contributed by atoms with Gasteiger partial charge in [0.1, 0.15) is 6.54 Å². The number of rotatable bonds is 3. The monoisotopic (exact) mass is 233 g/mol. The molecule has 0 aliphatic carbocycles. The van der Waals surface area contributed by atoms with Crippen LogP contribution in [0.3, 0.4) is 0 Å². The fourth-order valence-electron chi connectivity index (χ4n) is 2.00. The molecule has 90 valence electrons. The summed E-state index contributed by atoms with van der Waals surface area (Å²) in [5, 5.41) is 0. The third kappa shape index (κ3) is 2.46. The average Bonchev–Trinajstić information content (AvgIpc) is 2.34. The van der Waals surface area contributed by atoms with Gasteiger partial charge in [-0.25, -0.2) is 0 Å². The summed E-state index contributed by atoms with van der Waals surface area (Å²) in [6.45, 7) is 2.95. The summed E-state index contributed by atoms with van der Waals surface area (Å²) in [7, 11) is 0. The highest BCUT2D eigenvalue weighted by molar-refractivity contribution is 6.03. The van der Waals surface area contributed by atoms with Gasteiger partial charge >= 0.3 is 5.97 Å². The van der Waals surface area contributed by atoms with Crippen LogP contribution in [0.1, 0.15) is 23.7 Å². The zero-order valence-electron chi connectivity index (χ0n) is 9.81. The molecule has 0 bridgehead atoms. The minimum atomic E-state index is -0.253. The maximum absolute atomic E-state index is 11.7. The van der Waals surface area contributed by atoms with E-state index in [-0.39, 0.29) is 18.3 Å². The molecule has 1 aliphatic heterocycles. The minimum absolute atomic E-state index is 0.140. The molecule has 0 saturated heterocycles. The molecule has 1 aromatic carbocycles. The number of ketones is 1. The van der Waals surface area contributed by atoms with Crippen LogP contribution < -0.4 is 4.90 Å². The Hall–Kier alpha value is -1.84. The second-order valence-electron chi connectivity index (χ2n) is 3.92. The Balaban J connectivity index is 2.18. The predicted molar refractivity (Wildman–Crippen MR) is 64.2 cm³/mol. The van der Waals surface area contributed by atoms with Crippen molar-refractivity contribution < 1.29 is 14.3 Å². The first-order valence-electron chi connectivity index (χ1n) is 5.75. The number of Topliss-reactive ketones (excluding diaryl/α,β-unsaturated/α-hetero) is 1. The van der Waals surface area contributed by atoms with Gasteiger partial charge in [-0.2, -0.15) is 0 Å². The molecular formula is C13H15NO3. The number of esters is 1. The van der Waals surface area contributed by atoms with Gasteiger partial charge in [-0.15, -0.1) is 0 Å². The van der Waals surface area contributed by atoms with Crippen molar-refractivity contribution in [3.05, 3.63) is 29.8 Å². The molecule has 0 unspecified atom stereocenters. The molecule has 0 saturated carbocycles. The first-order valence-corrected chi connectivity index (χ1v) is 5.75. The van der Waals surface area contributed by atoms with Crippen LogP contribution in [0, 0.1) is 0 Å². The van der Waals surface area contributed by atoms with Crippen LogP contribution in [0.5, 0.6) is 0 Å². The lowest BCUT2D eigenvalue weighted by Crippen LogP contribution is -2.36. The second kappa shape index (κ2) is 4.99. The number of anilines is 1. The number of hydrogen-bond acceptors (Lipinski definition) is 4. The van der Waals surface area contributed by atoms with Crippen LogP contribution in [0.2, 0.25) is 0 Å². The lowest BCUT2D eigenvalue weighted by molar-refractivity contribution is -0.141. The van der Waals surface area contributed by atoms with Crippen LogP contribution in [0.15, 0.2) is 24.3 Å². The van der Waals surface area contributed by atoms with Gasteiger partial charge in [0.15, 0.2) is 5.78 Å². The summed E-state index contributed by atoms with van der Waals surface area (Å²) in [4.78, 5) is 25.1. The van der Waals surface area contributed by atoms with Crippen molar-refractivity contribution in [2.45, 2.75) is 13.3 Å². The van der Waals surface area contributed by atoms with E-state index in [2.05, 4.69) is 0 Å². The van der Waals surface area contributed by atoms with E-state index in [0.717, 1.165) is 5.69 Å². The highest BCUT2D eigenvalue weighted by Crippen LogP contribution is 2.26. The Morgan fingerprint density at radius 3 is 2.94 bits per heavy atom. The summed E-state index contributed by atoms with van der Waals surface area (Å²) >= 11 is 0. The van der Waals surface area contributed by atoms with Crippen LogP contribution in [-0.4, -0.2) is 31.4 Å². The third-order valence-corrected chi connectivity index (χ3v) is 2.78. The van der Waals surface area contributed by atoms with Crippen molar-refractivity contribution >= 4 is 17.4 Å². The van der Waals surface area contributed by atoms with Crippen LogP contribution >= 0.6 is 0 Å². The Morgan fingerprint density at radius 1 is 1.41 bits per heavy atom. The van der Waals surface area contributed by atoms with Crippen molar-refractivity contribution in [3.63, 3.8) is 0 Å². The zero-order chi connectivity index (χ0) is 12.3. The van der Waals surface area contributed by atoms with E-state index in [1.165, 1.54) is 0 Å². The molecule has 1 heterocycles. The summed E-state index contributed by atoms with van der Waals surface area (Å²) in [5.41, 5.74) is 1.53. The van der Waals surface area contributed by atoms with Crippen LogP contribution in [0.25, 0.3) is 0 Å². The molecule has 0 spiro atoms. The molecule has 4 nitrogen and oxygen atoms in total. The van der Waals surface area contributed by atoms with E-state index in [1.54, 1.807) is 13.0 Å². The van der Waals surface area contributed by atoms with Gasteiger partial charge in [-0.05, 0) is 19.1 Å². The summed E-state index contributed by atoms with van der Waals surface area (Å²) in [5.74, 6) is -0.114. The Morgan fingerprint density at radius 2 is 2.18 bits per heavy atom. The first kappa shape index (κ1) is 11.6. The van der Waals surface area contributed by atoms with E-state index in [0.29, 0.717) is 25.1 Å². The molecule has 0 amide bonds. The van der Waals surface area contributed by atoms with Crippen molar-refractivity contribution in [1.29, 1.82) is 0 Å². The smallest absolute Gasteiger partial charge is 0.325 e. The topological polar surface area (TPSA) is 46.6 Å². The van der Waals surface area contributed by atoms with Gasteiger partial charge in [0, 0.05) is 24.2 Å². The number of nitrogens with zero attached hydrogens (tertiary/aromatic N) is 1. The van der Waals surface area contributed by atoms with Gasteiger partial charge in [0.25, 0.3) is 0 Å². The maximum atomic E-state index is 11.7. The van der Waals surface area contributed by atoms with E-state index in [1.807, 2.05) is 23.1 Å². The molecule has 4 heteroatoms. The van der Waals surface area contributed by atoms with Gasteiger partial charge in [0.2, 0.25) is 0 Å². The molecule has 0 N–H and O–H groups in total. The van der Waals surface area contributed by atoms with Crippen LogP contribution in [-0.2, 0) is 9.53 Å². The number of hydrogen-bond donors (Lipinski definition) is 0. The molecule has 1 aliphatic rings. The van der Waals surface area contributed by atoms with Crippen molar-refractivity contribution in [3.8, 4) is 0 Å². The molecule has 0 atom stereocenters. The standard InChI is InChI=1S/C13H15NO3/c1-2-17-13(16)9-14-8-7-12(15)10-5-3-4-6-11(10)14/h3-6H,2,7-9H2,1H3. The molecule has 17 heavy (non-hydrogen) atoms. The fraction of sp³-hybridized carbons (Fsp3) is 0.385. The maximum Gasteiger partial charge on any atom is 0.325 e. The zero-order valence-corrected chi connectivity index (χ0v) is 9.81. The average molecular weight is 233 g/mol. The highest BCUT2D eigenvalue weighted by Gasteiger charge is 2.24. The minimum Gasteiger partial charge on any atom is -0.465 e. The summed E-state index contributed by atoms with van der Waals surface area (Å²) < 4.78 is 4.92. The van der Waals surface area contributed by atoms with Crippen molar-refractivity contribution in [2.24, 2.45) is 0 Å². The molecular weight excluding hydrogens is 218 g/mol. The number of carbonyl (C=O) groups is 2. The normalized spacial score (nSPS) is 14.4. The van der Waals surface area contributed by atoms with Crippen molar-refractivity contribution in [2.75, 3.05) is 24.6 Å². The summed E-state index contributed by atoms with van der Waals surface area (Å²) in [6, 6.07) is 7.38. The number of ether oxygens (including phenoxy) is 1. The Kier molecular flexibility index (Phi) is 3.42. The van der Waals surface area contributed by atoms with E-state index < -0.39 is 0 Å². The van der Waals surface area contributed by atoms with E-state index in [4.69, 9.17) is 4.74 Å². The fourth-order valence-corrected chi connectivity index (χ4v) is 2.00. The van der Waals surface area contributed by atoms with Crippen molar-refractivity contribution in [1.82, 2.24) is 0 Å². The molecule has 1 aromatic rings. The van der Waals surface area contributed by atoms with E-state index >= 15 is 0 Å². The second-order valence-corrected chi connectivity index (χ2v) is 3.92. The number of para-hydroxylation sites is 1. The third-order valence-electron chi connectivity index (χ3n) is 2.78. The van der Waals surface area contributed by atoms with Gasteiger partial charge < -0.3 is 9.64 Å². The molecule has 0 fully saturated rings. The number of fused-ring (bicyclic) bond motifs is 1. The van der Waals surface area contributed by atoms with Gasteiger partial charge in [-0.3, -0.25) is 9.59 Å². The quantitative estimate of drug-likeness (QED) is 0.745. The molecule has 0 aromatic heterocycles.